The second-order valence-corrected chi connectivity index (χ2v) is 4.20. The van der Waals surface area contributed by atoms with E-state index in [2.05, 4.69) is 5.32 Å². The number of carbonyl (C=O) groups is 1. The molecule has 0 heterocycles. The van der Waals surface area contributed by atoms with Crippen molar-refractivity contribution < 1.29 is 18.0 Å². The molecule has 16 heavy (non-hydrogen) atoms. The van der Waals surface area contributed by atoms with Crippen molar-refractivity contribution in [3.8, 4) is 0 Å². The highest BCUT2D eigenvalue weighted by atomic mass is 35.5. The lowest BCUT2D eigenvalue weighted by atomic mass is 9.78. The molecule has 1 rings (SSSR count). The first-order valence-corrected chi connectivity index (χ1v) is 4.88. The van der Waals surface area contributed by atoms with Gasteiger partial charge in [0.05, 0.1) is 0 Å². The number of carbonyl (C=O) groups excluding carboxylic acids is 1. The predicted molar refractivity (Wildman–Crippen MR) is 56.2 cm³/mol. The van der Waals surface area contributed by atoms with E-state index in [0.717, 1.165) is 26.2 Å². The van der Waals surface area contributed by atoms with Crippen molar-refractivity contribution in [3.05, 3.63) is 0 Å². The molecule has 1 fully saturated rings. The van der Waals surface area contributed by atoms with Crippen LogP contribution in [0.2, 0.25) is 0 Å². The zero-order chi connectivity index (χ0) is 11.7. The molecule has 0 aromatic carbocycles. The third-order valence-electron chi connectivity index (χ3n) is 2.85. The number of nitrogens with two attached hydrogens (primary N) is 1. The van der Waals surface area contributed by atoms with E-state index in [1.54, 1.807) is 0 Å². The fraction of sp³-hybridized carbons (Fsp3) is 0.889. The highest BCUT2D eigenvalue weighted by Gasteiger charge is 2.42. The van der Waals surface area contributed by atoms with Crippen LogP contribution in [0.1, 0.15) is 26.2 Å². The molecule has 3 N–H and O–H groups in total. The Morgan fingerprint density at radius 3 is 2.31 bits per heavy atom. The minimum atomic E-state index is -4.48. The van der Waals surface area contributed by atoms with E-state index in [4.69, 9.17) is 5.73 Å². The first kappa shape index (κ1) is 15.5. The van der Waals surface area contributed by atoms with Gasteiger partial charge in [-0.3, -0.25) is 4.79 Å². The van der Waals surface area contributed by atoms with E-state index in [1.165, 1.54) is 0 Å². The lowest BCUT2D eigenvalue weighted by Gasteiger charge is -2.38. The van der Waals surface area contributed by atoms with E-state index < -0.39 is 23.5 Å². The smallest absolute Gasteiger partial charge is 0.354 e. The number of amides is 1. The van der Waals surface area contributed by atoms with Gasteiger partial charge in [-0.1, -0.05) is 0 Å². The fourth-order valence-corrected chi connectivity index (χ4v) is 1.37. The van der Waals surface area contributed by atoms with Crippen molar-refractivity contribution in [2.45, 2.75) is 37.9 Å². The third-order valence-corrected chi connectivity index (χ3v) is 2.85. The van der Waals surface area contributed by atoms with E-state index in [0.29, 0.717) is 0 Å². The van der Waals surface area contributed by atoms with Gasteiger partial charge in [-0.05, 0) is 26.2 Å². The van der Waals surface area contributed by atoms with E-state index in [9.17, 15) is 18.0 Å². The van der Waals surface area contributed by atoms with Crippen LogP contribution in [-0.2, 0) is 4.79 Å². The molecule has 1 aliphatic rings. The molecular formula is C9H16ClF3N2O. The van der Waals surface area contributed by atoms with Gasteiger partial charge in [-0.15, -0.1) is 12.4 Å². The summed E-state index contributed by atoms with van der Waals surface area (Å²) in [5.74, 6) is -2.97. The first-order valence-electron chi connectivity index (χ1n) is 4.88. The molecule has 0 aliphatic heterocycles. The molecule has 0 aromatic heterocycles. The molecule has 3 nitrogen and oxygen atoms in total. The normalized spacial score (nSPS) is 20.3. The summed E-state index contributed by atoms with van der Waals surface area (Å²) in [5, 5.41) is 2.25. The molecule has 0 saturated heterocycles. The molecule has 1 unspecified atom stereocenters. The summed E-state index contributed by atoms with van der Waals surface area (Å²) < 4.78 is 36.4. The van der Waals surface area contributed by atoms with Gasteiger partial charge in [0.25, 0.3) is 0 Å². The summed E-state index contributed by atoms with van der Waals surface area (Å²) in [6.07, 6.45) is -1.99. The van der Waals surface area contributed by atoms with Crippen molar-refractivity contribution in [3.63, 3.8) is 0 Å². The summed E-state index contributed by atoms with van der Waals surface area (Å²) in [6, 6.07) is 0. The number of nitrogens with one attached hydrogen (secondary N) is 1. The molecule has 1 aliphatic carbocycles. The van der Waals surface area contributed by atoms with Crippen LogP contribution in [0.25, 0.3) is 0 Å². The number of hydrogen-bond donors (Lipinski definition) is 2. The Balaban J connectivity index is 0.00000225. The number of rotatable bonds is 3. The van der Waals surface area contributed by atoms with E-state index in [-0.39, 0.29) is 19.0 Å². The minimum Gasteiger partial charge on any atom is -0.354 e. The second-order valence-electron chi connectivity index (χ2n) is 4.20. The zero-order valence-corrected chi connectivity index (χ0v) is 9.75. The molecule has 7 heteroatoms. The monoisotopic (exact) mass is 260 g/mol. The van der Waals surface area contributed by atoms with Gasteiger partial charge in [0, 0.05) is 12.1 Å². The van der Waals surface area contributed by atoms with Gasteiger partial charge in [0.2, 0.25) is 5.91 Å². The summed E-state index contributed by atoms with van der Waals surface area (Å²) in [5.41, 5.74) is 5.28. The van der Waals surface area contributed by atoms with Crippen LogP contribution in [0.4, 0.5) is 13.2 Å². The Hall–Kier alpha value is -0.490. The fourth-order valence-electron chi connectivity index (χ4n) is 1.37. The van der Waals surface area contributed by atoms with Gasteiger partial charge >= 0.3 is 6.18 Å². The Morgan fingerprint density at radius 2 is 2.00 bits per heavy atom. The number of hydrogen-bond acceptors (Lipinski definition) is 2. The quantitative estimate of drug-likeness (QED) is 0.810. The van der Waals surface area contributed by atoms with Crippen molar-refractivity contribution in [2.24, 2.45) is 11.7 Å². The first-order chi connectivity index (χ1) is 6.75. The van der Waals surface area contributed by atoms with E-state index in [1.807, 2.05) is 0 Å². The van der Waals surface area contributed by atoms with Crippen LogP contribution in [0.5, 0.6) is 0 Å². The van der Waals surface area contributed by atoms with Crippen LogP contribution in [0.3, 0.4) is 0 Å². The maximum absolute atomic E-state index is 12.1. The van der Waals surface area contributed by atoms with Gasteiger partial charge in [0.1, 0.15) is 5.92 Å². The standard InChI is InChI=1S/C9H15F3N2O.ClH/c1-6(9(10,11)12)7(15)14-5-8(13)3-2-4-8;/h6H,2-5,13H2,1H3,(H,14,15);1H. The number of alkyl halides is 3. The predicted octanol–water partition coefficient (Wildman–Crippen LogP) is 1.60. The van der Waals surface area contributed by atoms with Gasteiger partial charge in [-0.25, -0.2) is 0 Å². The van der Waals surface area contributed by atoms with Crippen LogP contribution in [0, 0.1) is 5.92 Å². The molecule has 0 radical (unpaired) electrons. The summed E-state index contributed by atoms with van der Waals surface area (Å²) in [7, 11) is 0. The zero-order valence-electron chi connectivity index (χ0n) is 8.93. The molecule has 1 atom stereocenters. The Labute approximate surface area is 98.4 Å². The van der Waals surface area contributed by atoms with Gasteiger partial charge in [-0.2, -0.15) is 13.2 Å². The van der Waals surface area contributed by atoms with Crippen molar-refractivity contribution in [1.82, 2.24) is 5.32 Å². The van der Waals surface area contributed by atoms with E-state index >= 15 is 0 Å². The van der Waals surface area contributed by atoms with Crippen LogP contribution >= 0.6 is 12.4 Å². The SMILES string of the molecule is CC(C(=O)NCC1(N)CCC1)C(F)(F)F.Cl. The minimum absolute atomic E-state index is 0. The average molecular weight is 261 g/mol. The second kappa shape index (κ2) is 5.23. The van der Waals surface area contributed by atoms with Crippen molar-refractivity contribution in [2.75, 3.05) is 6.54 Å². The summed E-state index contributed by atoms with van der Waals surface area (Å²) in [4.78, 5) is 11.1. The average Bonchev–Trinajstić information content (AvgIpc) is 2.08. The van der Waals surface area contributed by atoms with Crippen molar-refractivity contribution >= 4 is 18.3 Å². The van der Waals surface area contributed by atoms with Gasteiger partial charge < -0.3 is 11.1 Å². The van der Waals surface area contributed by atoms with Crippen molar-refractivity contribution in [1.29, 1.82) is 0 Å². The van der Waals surface area contributed by atoms with Gasteiger partial charge in [0.15, 0.2) is 0 Å². The molecule has 1 saturated carbocycles. The lowest BCUT2D eigenvalue weighted by Crippen LogP contribution is -2.56. The Bertz CT molecular complexity index is 254. The maximum Gasteiger partial charge on any atom is 0.400 e. The highest BCUT2D eigenvalue weighted by Crippen LogP contribution is 2.29. The lowest BCUT2D eigenvalue weighted by molar-refractivity contribution is -0.179. The molecule has 0 bridgehead atoms. The molecule has 1 amide bonds. The maximum atomic E-state index is 12.1. The van der Waals surface area contributed by atoms with Crippen LogP contribution in [-0.4, -0.2) is 24.2 Å². The summed E-state index contributed by atoms with van der Waals surface area (Å²) >= 11 is 0. The Morgan fingerprint density at radius 1 is 1.50 bits per heavy atom. The Kier molecular flexibility index (Phi) is 5.07. The molecular weight excluding hydrogens is 245 g/mol. The topological polar surface area (TPSA) is 55.1 Å². The largest absolute Gasteiger partial charge is 0.400 e. The van der Waals surface area contributed by atoms with Crippen LogP contribution < -0.4 is 11.1 Å². The third kappa shape index (κ3) is 3.83. The molecule has 0 aromatic rings. The van der Waals surface area contributed by atoms with Crippen LogP contribution in [0.15, 0.2) is 0 Å². The highest BCUT2D eigenvalue weighted by molar-refractivity contribution is 5.85. The summed E-state index contributed by atoms with van der Waals surface area (Å²) in [6.45, 7) is 0.978. The number of halogens is 4. The molecule has 0 spiro atoms. The molecule has 96 valence electrons.